The fourth-order valence-electron chi connectivity index (χ4n) is 3.66. The summed E-state index contributed by atoms with van der Waals surface area (Å²) in [4.78, 5) is 2.26. The summed E-state index contributed by atoms with van der Waals surface area (Å²) < 4.78 is 13.6. The lowest BCUT2D eigenvalue weighted by atomic mass is 10.1. The molecule has 1 heterocycles. The summed E-state index contributed by atoms with van der Waals surface area (Å²) in [6.45, 7) is 10.3. The number of aryl methyl sites for hydroxylation is 1. The van der Waals surface area contributed by atoms with Crippen LogP contribution in [-0.4, -0.2) is 46.1 Å². The van der Waals surface area contributed by atoms with Crippen LogP contribution >= 0.6 is 0 Å². The quantitative estimate of drug-likeness (QED) is 0.507. The number of ether oxygens (including phenoxy) is 2. The highest BCUT2D eigenvalue weighted by molar-refractivity contribution is 5.44. The van der Waals surface area contributed by atoms with Gasteiger partial charge in [0.25, 0.3) is 0 Å². The van der Waals surface area contributed by atoms with Crippen molar-refractivity contribution in [1.82, 2.24) is 14.7 Å². The third-order valence-electron chi connectivity index (χ3n) is 4.92. The Bertz CT molecular complexity index is 957. The maximum absolute atomic E-state index is 10.0. The van der Waals surface area contributed by atoms with E-state index in [9.17, 15) is 5.11 Å². The summed E-state index contributed by atoms with van der Waals surface area (Å²) >= 11 is 0. The van der Waals surface area contributed by atoms with Gasteiger partial charge in [0.15, 0.2) is 0 Å². The number of rotatable bonds is 10. The molecule has 0 amide bonds. The summed E-state index contributed by atoms with van der Waals surface area (Å²) in [7, 11) is 1.64. The molecular weight excluding hydrogens is 390 g/mol. The number of benzene rings is 2. The van der Waals surface area contributed by atoms with Gasteiger partial charge in [-0.1, -0.05) is 38.1 Å². The molecule has 31 heavy (non-hydrogen) atoms. The molecule has 0 saturated heterocycles. The fraction of sp³-hybridized carbons (Fsp3) is 0.400. The molecule has 1 aromatic heterocycles. The van der Waals surface area contributed by atoms with Gasteiger partial charge >= 0.3 is 0 Å². The Balaban J connectivity index is 2.03. The van der Waals surface area contributed by atoms with E-state index in [1.165, 1.54) is 0 Å². The number of aliphatic hydroxyl groups excluding tert-OH is 1. The third-order valence-corrected chi connectivity index (χ3v) is 4.92. The molecule has 2 aromatic carbocycles. The molecule has 3 aromatic rings. The van der Waals surface area contributed by atoms with Crippen LogP contribution in [0.1, 0.15) is 32.0 Å². The number of hydrogen-bond donors (Lipinski definition) is 1. The molecule has 166 valence electrons. The van der Waals surface area contributed by atoms with E-state index in [1.807, 2.05) is 73.1 Å². The van der Waals surface area contributed by atoms with Crippen molar-refractivity contribution < 1.29 is 14.6 Å². The van der Waals surface area contributed by atoms with Crippen LogP contribution < -0.4 is 9.47 Å². The zero-order chi connectivity index (χ0) is 22.4. The fourth-order valence-corrected chi connectivity index (χ4v) is 3.66. The number of hydrogen-bond acceptors (Lipinski definition) is 5. The van der Waals surface area contributed by atoms with Crippen molar-refractivity contribution in [2.75, 3.05) is 20.2 Å². The van der Waals surface area contributed by atoms with Crippen LogP contribution in [0.3, 0.4) is 0 Å². The van der Waals surface area contributed by atoms with Crippen LogP contribution in [0.4, 0.5) is 0 Å². The van der Waals surface area contributed by atoms with Crippen molar-refractivity contribution in [1.29, 1.82) is 0 Å². The van der Waals surface area contributed by atoms with Crippen molar-refractivity contribution in [2.45, 2.75) is 40.3 Å². The van der Waals surface area contributed by atoms with E-state index in [-0.39, 0.29) is 0 Å². The standard InChI is InChI=1S/C25H33N3O3/c1-18(2)15-27(16-19(3)29)17-24-20(4)26-28(21-10-7-6-8-11-21)25(24)31-23-13-9-12-22(14-23)30-5/h6-14,18-19,29H,15-17H2,1-5H3/t19-/m1/s1. The molecule has 0 aliphatic heterocycles. The smallest absolute Gasteiger partial charge is 0.227 e. The van der Waals surface area contributed by atoms with Gasteiger partial charge in [-0.25, -0.2) is 4.68 Å². The first kappa shape index (κ1) is 22.8. The molecule has 6 nitrogen and oxygen atoms in total. The lowest BCUT2D eigenvalue weighted by molar-refractivity contribution is 0.114. The highest BCUT2D eigenvalue weighted by Crippen LogP contribution is 2.33. The second-order valence-electron chi connectivity index (χ2n) is 8.33. The van der Waals surface area contributed by atoms with E-state index < -0.39 is 6.10 Å². The number of nitrogens with zero attached hydrogens (tertiary/aromatic N) is 3. The van der Waals surface area contributed by atoms with Crippen LogP contribution in [0, 0.1) is 12.8 Å². The maximum atomic E-state index is 10.0. The Kier molecular flexibility index (Phi) is 7.71. The topological polar surface area (TPSA) is 59.8 Å². The minimum absolute atomic E-state index is 0.411. The van der Waals surface area contributed by atoms with Crippen molar-refractivity contribution in [3.05, 3.63) is 65.9 Å². The largest absolute Gasteiger partial charge is 0.497 e. The molecule has 3 rings (SSSR count). The minimum atomic E-state index is -0.411. The van der Waals surface area contributed by atoms with E-state index in [1.54, 1.807) is 7.11 Å². The molecule has 0 fully saturated rings. The molecule has 1 atom stereocenters. The predicted octanol–water partition coefficient (Wildman–Crippen LogP) is 4.82. The number of aliphatic hydroxyl groups is 1. The Morgan fingerprint density at radius 3 is 2.35 bits per heavy atom. The molecular formula is C25H33N3O3. The molecule has 0 aliphatic rings. The first-order valence-electron chi connectivity index (χ1n) is 10.7. The second kappa shape index (κ2) is 10.5. The van der Waals surface area contributed by atoms with E-state index in [0.29, 0.717) is 30.6 Å². The highest BCUT2D eigenvalue weighted by atomic mass is 16.5. The highest BCUT2D eigenvalue weighted by Gasteiger charge is 2.22. The monoisotopic (exact) mass is 423 g/mol. The van der Waals surface area contributed by atoms with Crippen molar-refractivity contribution in [3.8, 4) is 23.1 Å². The van der Waals surface area contributed by atoms with Crippen molar-refractivity contribution in [2.24, 2.45) is 5.92 Å². The van der Waals surface area contributed by atoms with Crippen LogP contribution in [-0.2, 0) is 6.54 Å². The van der Waals surface area contributed by atoms with E-state index in [2.05, 4.69) is 18.7 Å². The zero-order valence-electron chi connectivity index (χ0n) is 19.1. The van der Waals surface area contributed by atoms with Gasteiger partial charge in [-0.05, 0) is 44.0 Å². The lowest BCUT2D eigenvalue weighted by Crippen LogP contribution is -2.33. The Hall–Kier alpha value is -2.83. The second-order valence-corrected chi connectivity index (χ2v) is 8.33. The first-order valence-corrected chi connectivity index (χ1v) is 10.7. The van der Waals surface area contributed by atoms with Gasteiger partial charge in [0, 0.05) is 25.7 Å². The normalized spacial score (nSPS) is 12.4. The van der Waals surface area contributed by atoms with Gasteiger partial charge in [-0.3, -0.25) is 4.90 Å². The Labute approximate surface area is 185 Å². The summed E-state index contributed by atoms with van der Waals surface area (Å²) in [5.41, 5.74) is 2.84. The average molecular weight is 424 g/mol. The van der Waals surface area contributed by atoms with Gasteiger partial charge in [-0.2, -0.15) is 5.10 Å². The van der Waals surface area contributed by atoms with Crippen molar-refractivity contribution in [3.63, 3.8) is 0 Å². The number of para-hydroxylation sites is 1. The van der Waals surface area contributed by atoms with E-state index in [0.717, 1.165) is 29.2 Å². The summed E-state index contributed by atoms with van der Waals surface area (Å²) in [6, 6.07) is 17.5. The molecule has 0 radical (unpaired) electrons. The molecule has 0 bridgehead atoms. The molecule has 0 spiro atoms. The molecule has 0 aliphatic carbocycles. The van der Waals surface area contributed by atoms with Crippen molar-refractivity contribution >= 4 is 0 Å². The van der Waals surface area contributed by atoms with Crippen LogP contribution in [0.2, 0.25) is 0 Å². The molecule has 0 unspecified atom stereocenters. The van der Waals surface area contributed by atoms with Gasteiger partial charge in [-0.15, -0.1) is 0 Å². The van der Waals surface area contributed by atoms with Gasteiger partial charge in [0.1, 0.15) is 11.5 Å². The molecule has 6 heteroatoms. The maximum Gasteiger partial charge on any atom is 0.227 e. The molecule has 1 N–H and O–H groups in total. The lowest BCUT2D eigenvalue weighted by Gasteiger charge is -2.26. The Morgan fingerprint density at radius 1 is 1.00 bits per heavy atom. The first-order chi connectivity index (χ1) is 14.9. The summed E-state index contributed by atoms with van der Waals surface area (Å²) in [6.07, 6.45) is -0.411. The summed E-state index contributed by atoms with van der Waals surface area (Å²) in [5, 5.41) is 14.8. The van der Waals surface area contributed by atoms with Gasteiger partial charge in [0.05, 0.1) is 30.2 Å². The summed E-state index contributed by atoms with van der Waals surface area (Å²) in [5.74, 6) is 2.57. The number of methoxy groups -OCH3 is 1. The van der Waals surface area contributed by atoms with E-state index in [4.69, 9.17) is 14.6 Å². The zero-order valence-corrected chi connectivity index (χ0v) is 19.1. The number of aromatic nitrogens is 2. The van der Waals surface area contributed by atoms with Gasteiger partial charge < -0.3 is 14.6 Å². The van der Waals surface area contributed by atoms with Crippen LogP contribution in [0.15, 0.2) is 54.6 Å². The predicted molar refractivity (Wildman–Crippen MR) is 123 cm³/mol. The van der Waals surface area contributed by atoms with Crippen LogP contribution in [0.5, 0.6) is 17.4 Å². The molecule has 0 saturated carbocycles. The van der Waals surface area contributed by atoms with Gasteiger partial charge in [0.2, 0.25) is 5.88 Å². The van der Waals surface area contributed by atoms with Crippen LogP contribution in [0.25, 0.3) is 5.69 Å². The minimum Gasteiger partial charge on any atom is -0.497 e. The average Bonchev–Trinajstić information content (AvgIpc) is 3.03. The van der Waals surface area contributed by atoms with E-state index >= 15 is 0 Å². The Morgan fingerprint density at radius 2 is 1.71 bits per heavy atom. The SMILES string of the molecule is COc1cccc(Oc2c(CN(CC(C)C)C[C@@H](C)O)c(C)nn2-c2ccccc2)c1. The third kappa shape index (κ3) is 6.09.